The summed E-state index contributed by atoms with van der Waals surface area (Å²) >= 11 is 7.35. The number of Topliss-reactive ketones (excluding diaryl/α,β-unsaturated/α-hetero) is 1. The highest BCUT2D eigenvalue weighted by Gasteiger charge is 2.23. The molecule has 0 fully saturated rings. The van der Waals surface area contributed by atoms with Crippen molar-refractivity contribution in [2.75, 3.05) is 13.7 Å². The van der Waals surface area contributed by atoms with Crippen LogP contribution >= 0.6 is 22.9 Å². The van der Waals surface area contributed by atoms with Crippen LogP contribution < -0.4 is 4.74 Å². The third-order valence-electron chi connectivity index (χ3n) is 3.83. The highest BCUT2D eigenvalue weighted by atomic mass is 35.5. The molecule has 0 radical (unpaired) electrons. The van der Waals surface area contributed by atoms with Gasteiger partial charge in [0.25, 0.3) is 5.91 Å². The lowest BCUT2D eigenvalue weighted by molar-refractivity contribution is -0.132. The Bertz CT molecular complexity index is 756. The number of likely N-dealkylation sites (N-methyl/N-ethyl adjacent to an activating group) is 1. The van der Waals surface area contributed by atoms with Gasteiger partial charge in [0.05, 0.1) is 10.9 Å². The van der Waals surface area contributed by atoms with Gasteiger partial charge in [-0.05, 0) is 24.6 Å². The standard InChI is InChI=1S/C17H16ClNO3S/c1-19(9-11-5-8-16(18)23-11)17(21)10-22-15-4-2-3-12-13(15)6-7-14(12)20/h2-5,8H,6-7,9-10H2,1H3. The molecule has 0 aliphatic heterocycles. The largest absolute Gasteiger partial charge is 0.483 e. The minimum absolute atomic E-state index is 0.0414. The number of hydrogen-bond donors (Lipinski definition) is 0. The van der Waals surface area contributed by atoms with E-state index in [1.165, 1.54) is 11.3 Å². The fraction of sp³-hybridized carbons (Fsp3) is 0.294. The number of carbonyl (C=O) groups is 2. The smallest absolute Gasteiger partial charge is 0.260 e. The zero-order valence-electron chi connectivity index (χ0n) is 12.7. The Labute approximate surface area is 143 Å². The monoisotopic (exact) mass is 349 g/mol. The molecule has 0 bridgehead atoms. The molecule has 1 aliphatic rings. The van der Waals surface area contributed by atoms with Crippen LogP contribution in [0.1, 0.15) is 27.2 Å². The Kier molecular flexibility index (Phi) is 4.68. The van der Waals surface area contributed by atoms with Gasteiger partial charge in [0.15, 0.2) is 12.4 Å². The number of fused-ring (bicyclic) bond motifs is 1. The summed E-state index contributed by atoms with van der Waals surface area (Å²) in [6, 6.07) is 9.14. The van der Waals surface area contributed by atoms with Crippen molar-refractivity contribution in [1.82, 2.24) is 4.90 Å². The van der Waals surface area contributed by atoms with Gasteiger partial charge in [-0.15, -0.1) is 11.3 Å². The van der Waals surface area contributed by atoms with Crippen LogP contribution in [0.4, 0.5) is 0 Å². The van der Waals surface area contributed by atoms with Crippen molar-refractivity contribution in [3.63, 3.8) is 0 Å². The molecule has 1 aliphatic carbocycles. The second-order valence-electron chi connectivity index (χ2n) is 5.45. The van der Waals surface area contributed by atoms with Crippen molar-refractivity contribution < 1.29 is 14.3 Å². The zero-order chi connectivity index (χ0) is 16.4. The third-order valence-corrected chi connectivity index (χ3v) is 5.05. The van der Waals surface area contributed by atoms with Crippen molar-refractivity contribution in [2.45, 2.75) is 19.4 Å². The van der Waals surface area contributed by atoms with Gasteiger partial charge in [-0.1, -0.05) is 23.7 Å². The summed E-state index contributed by atoms with van der Waals surface area (Å²) in [5.41, 5.74) is 1.63. The maximum absolute atomic E-state index is 12.2. The van der Waals surface area contributed by atoms with E-state index < -0.39 is 0 Å². The number of ketones is 1. The molecule has 120 valence electrons. The van der Waals surface area contributed by atoms with Crippen LogP contribution in [0.3, 0.4) is 0 Å². The van der Waals surface area contributed by atoms with Gasteiger partial charge >= 0.3 is 0 Å². The number of nitrogens with zero attached hydrogens (tertiary/aromatic N) is 1. The Morgan fingerprint density at radius 1 is 1.30 bits per heavy atom. The van der Waals surface area contributed by atoms with Gasteiger partial charge in [-0.25, -0.2) is 0 Å². The average Bonchev–Trinajstić information content (AvgIpc) is 3.11. The van der Waals surface area contributed by atoms with E-state index in [1.807, 2.05) is 24.3 Å². The van der Waals surface area contributed by atoms with E-state index >= 15 is 0 Å². The topological polar surface area (TPSA) is 46.6 Å². The van der Waals surface area contributed by atoms with Crippen LogP contribution in [-0.4, -0.2) is 30.2 Å². The molecular formula is C17H16ClNO3S. The summed E-state index contributed by atoms with van der Waals surface area (Å²) in [6.07, 6.45) is 1.20. The van der Waals surface area contributed by atoms with E-state index in [-0.39, 0.29) is 18.3 Å². The average molecular weight is 350 g/mol. The summed E-state index contributed by atoms with van der Waals surface area (Å²) in [4.78, 5) is 26.6. The molecule has 0 saturated heterocycles. The molecule has 0 N–H and O–H groups in total. The number of thiophene rings is 1. The van der Waals surface area contributed by atoms with Gasteiger partial charge in [-0.2, -0.15) is 0 Å². The lowest BCUT2D eigenvalue weighted by atomic mass is 10.1. The molecule has 2 aromatic rings. The normalized spacial score (nSPS) is 13.0. The first-order chi connectivity index (χ1) is 11.0. The van der Waals surface area contributed by atoms with Gasteiger partial charge < -0.3 is 9.64 Å². The Balaban J connectivity index is 1.60. The molecule has 0 atom stereocenters. The summed E-state index contributed by atoms with van der Waals surface area (Å²) in [7, 11) is 1.73. The molecule has 1 aromatic carbocycles. The second-order valence-corrected chi connectivity index (χ2v) is 7.25. The molecule has 1 aromatic heterocycles. The zero-order valence-corrected chi connectivity index (χ0v) is 14.2. The molecule has 1 heterocycles. The molecule has 0 saturated carbocycles. The van der Waals surface area contributed by atoms with Crippen LogP contribution in [0.25, 0.3) is 0 Å². The van der Waals surface area contributed by atoms with E-state index in [2.05, 4.69) is 0 Å². The van der Waals surface area contributed by atoms with E-state index in [4.69, 9.17) is 16.3 Å². The maximum atomic E-state index is 12.2. The van der Waals surface area contributed by atoms with E-state index in [0.29, 0.717) is 29.5 Å². The molecule has 3 rings (SSSR count). The van der Waals surface area contributed by atoms with Crippen molar-refractivity contribution in [3.05, 3.63) is 50.7 Å². The molecule has 0 spiro atoms. The third kappa shape index (κ3) is 3.57. The predicted molar refractivity (Wildman–Crippen MR) is 90.4 cm³/mol. The van der Waals surface area contributed by atoms with Crippen LogP contribution in [0, 0.1) is 0 Å². The SMILES string of the molecule is CN(Cc1ccc(Cl)s1)C(=O)COc1cccc2c1CCC2=O. The van der Waals surface area contributed by atoms with Crippen molar-refractivity contribution in [3.8, 4) is 5.75 Å². The molecular weight excluding hydrogens is 334 g/mol. The van der Waals surface area contributed by atoms with E-state index in [0.717, 1.165) is 16.0 Å². The minimum atomic E-state index is -0.114. The lowest BCUT2D eigenvalue weighted by Crippen LogP contribution is -2.30. The molecule has 1 amide bonds. The number of halogens is 1. The predicted octanol–water partition coefficient (Wildman–Crippen LogP) is 3.57. The van der Waals surface area contributed by atoms with E-state index in [9.17, 15) is 9.59 Å². The first-order valence-electron chi connectivity index (χ1n) is 7.30. The van der Waals surface area contributed by atoms with Crippen molar-refractivity contribution in [2.24, 2.45) is 0 Å². The molecule has 23 heavy (non-hydrogen) atoms. The number of rotatable bonds is 5. The number of ether oxygens (including phenoxy) is 1. The molecule has 6 heteroatoms. The van der Waals surface area contributed by atoms with Gasteiger partial charge in [-0.3, -0.25) is 9.59 Å². The fourth-order valence-corrected chi connectivity index (χ4v) is 3.74. The summed E-state index contributed by atoms with van der Waals surface area (Å²) in [6.45, 7) is 0.464. The molecule has 4 nitrogen and oxygen atoms in total. The number of carbonyl (C=O) groups excluding carboxylic acids is 2. The summed E-state index contributed by atoms with van der Waals surface area (Å²) in [5, 5.41) is 0. The van der Waals surface area contributed by atoms with E-state index in [1.54, 1.807) is 18.0 Å². The first kappa shape index (κ1) is 16.0. The Morgan fingerprint density at radius 2 is 2.13 bits per heavy atom. The first-order valence-corrected chi connectivity index (χ1v) is 8.50. The number of hydrogen-bond acceptors (Lipinski definition) is 4. The van der Waals surface area contributed by atoms with Crippen LogP contribution in [-0.2, 0) is 17.8 Å². The Hall–Kier alpha value is -1.85. The van der Waals surface area contributed by atoms with Crippen molar-refractivity contribution >= 4 is 34.6 Å². The van der Waals surface area contributed by atoms with Crippen molar-refractivity contribution in [1.29, 1.82) is 0 Å². The summed E-state index contributed by atoms with van der Waals surface area (Å²) < 4.78 is 6.37. The second kappa shape index (κ2) is 6.72. The molecule has 0 unspecified atom stereocenters. The maximum Gasteiger partial charge on any atom is 0.260 e. The quantitative estimate of drug-likeness (QED) is 0.829. The Morgan fingerprint density at radius 3 is 2.87 bits per heavy atom. The van der Waals surface area contributed by atoms with Gasteiger partial charge in [0, 0.05) is 29.5 Å². The number of amides is 1. The highest BCUT2D eigenvalue weighted by Crippen LogP contribution is 2.30. The van der Waals surface area contributed by atoms with Crippen LogP contribution in [0.2, 0.25) is 4.34 Å². The van der Waals surface area contributed by atoms with Gasteiger partial charge in [0.2, 0.25) is 0 Å². The minimum Gasteiger partial charge on any atom is -0.483 e. The summed E-state index contributed by atoms with van der Waals surface area (Å²) in [5.74, 6) is 0.661. The van der Waals surface area contributed by atoms with Gasteiger partial charge in [0.1, 0.15) is 5.75 Å². The number of benzene rings is 1. The lowest BCUT2D eigenvalue weighted by Gasteiger charge is -2.17. The highest BCUT2D eigenvalue weighted by molar-refractivity contribution is 7.16. The van der Waals surface area contributed by atoms with Crippen LogP contribution in [0.5, 0.6) is 5.75 Å². The fourth-order valence-electron chi connectivity index (χ4n) is 2.60. The van der Waals surface area contributed by atoms with Crippen LogP contribution in [0.15, 0.2) is 30.3 Å².